The first kappa shape index (κ1) is 14.4. The summed E-state index contributed by atoms with van der Waals surface area (Å²) in [7, 11) is 1.68. The van der Waals surface area contributed by atoms with Crippen molar-refractivity contribution in [1.82, 2.24) is 10.6 Å². The number of hydrogen-bond acceptors (Lipinski definition) is 4. The summed E-state index contributed by atoms with van der Waals surface area (Å²) >= 11 is 0. The van der Waals surface area contributed by atoms with Crippen LogP contribution in [0.25, 0.3) is 0 Å². The highest BCUT2D eigenvalue weighted by Crippen LogP contribution is 2.09. The molecule has 0 bridgehead atoms. The number of rotatable bonds is 7. The zero-order valence-corrected chi connectivity index (χ0v) is 11.0. The van der Waals surface area contributed by atoms with Gasteiger partial charge in [-0.15, -0.1) is 0 Å². The number of hydrogen-bond donors (Lipinski definition) is 2. The smallest absolute Gasteiger partial charge is 0.237 e. The molecule has 0 radical (unpaired) electrons. The first-order valence-corrected chi connectivity index (χ1v) is 6.29. The van der Waals surface area contributed by atoms with Gasteiger partial charge in [-0.1, -0.05) is 0 Å². The zero-order valence-electron chi connectivity index (χ0n) is 11.0. The minimum atomic E-state index is -0.106. The Kier molecular flexibility index (Phi) is 6.47. The van der Waals surface area contributed by atoms with E-state index in [9.17, 15) is 4.79 Å². The molecule has 1 aliphatic rings. The predicted octanol–water partition coefficient (Wildman–Crippen LogP) is 0.295. The fourth-order valence-electron chi connectivity index (χ4n) is 1.81. The Morgan fingerprint density at radius 1 is 1.53 bits per heavy atom. The van der Waals surface area contributed by atoms with E-state index >= 15 is 0 Å². The maximum absolute atomic E-state index is 11.7. The first-order valence-electron chi connectivity index (χ1n) is 6.29. The summed E-state index contributed by atoms with van der Waals surface area (Å²) in [5.41, 5.74) is 0. The van der Waals surface area contributed by atoms with Crippen molar-refractivity contribution in [3.8, 4) is 0 Å². The van der Waals surface area contributed by atoms with Gasteiger partial charge >= 0.3 is 0 Å². The lowest BCUT2D eigenvalue weighted by atomic mass is 10.2. The van der Waals surface area contributed by atoms with Crippen LogP contribution in [0.1, 0.15) is 26.7 Å². The van der Waals surface area contributed by atoms with E-state index in [0.717, 1.165) is 19.4 Å². The van der Waals surface area contributed by atoms with Crippen LogP contribution in [0.4, 0.5) is 0 Å². The van der Waals surface area contributed by atoms with E-state index in [2.05, 4.69) is 10.6 Å². The number of methoxy groups -OCH3 is 1. The molecule has 0 aromatic heterocycles. The van der Waals surface area contributed by atoms with Crippen LogP contribution in [0, 0.1) is 0 Å². The van der Waals surface area contributed by atoms with E-state index in [1.165, 1.54) is 0 Å². The Labute approximate surface area is 103 Å². The second-order valence-electron chi connectivity index (χ2n) is 4.62. The van der Waals surface area contributed by atoms with Crippen LogP contribution >= 0.6 is 0 Å². The SMILES string of the molecule is COC1CNC(C(=O)NCCCOC(C)C)C1. The average molecular weight is 244 g/mol. The van der Waals surface area contributed by atoms with Crippen LogP contribution in [0.3, 0.4) is 0 Å². The molecule has 2 unspecified atom stereocenters. The average Bonchev–Trinajstić information content (AvgIpc) is 2.76. The Morgan fingerprint density at radius 3 is 2.88 bits per heavy atom. The number of ether oxygens (including phenoxy) is 2. The summed E-state index contributed by atoms with van der Waals surface area (Å²) in [6.07, 6.45) is 2.02. The van der Waals surface area contributed by atoms with E-state index in [0.29, 0.717) is 13.2 Å². The van der Waals surface area contributed by atoms with Gasteiger partial charge in [-0.3, -0.25) is 4.79 Å². The second kappa shape index (κ2) is 7.63. The largest absolute Gasteiger partial charge is 0.380 e. The van der Waals surface area contributed by atoms with E-state index in [1.54, 1.807) is 7.11 Å². The van der Waals surface area contributed by atoms with Gasteiger partial charge < -0.3 is 20.1 Å². The first-order chi connectivity index (χ1) is 8.13. The molecule has 17 heavy (non-hydrogen) atoms. The van der Waals surface area contributed by atoms with Crippen LogP contribution in [-0.2, 0) is 14.3 Å². The lowest BCUT2D eigenvalue weighted by Gasteiger charge is -2.12. The fourth-order valence-corrected chi connectivity index (χ4v) is 1.81. The van der Waals surface area contributed by atoms with Gasteiger partial charge in [-0.2, -0.15) is 0 Å². The topological polar surface area (TPSA) is 59.6 Å². The van der Waals surface area contributed by atoms with Gasteiger partial charge in [0.1, 0.15) is 0 Å². The van der Waals surface area contributed by atoms with Crippen molar-refractivity contribution < 1.29 is 14.3 Å². The summed E-state index contributed by atoms with van der Waals surface area (Å²) in [5, 5.41) is 6.05. The molecular weight excluding hydrogens is 220 g/mol. The lowest BCUT2D eigenvalue weighted by molar-refractivity contribution is -0.123. The van der Waals surface area contributed by atoms with Gasteiger partial charge in [0, 0.05) is 26.8 Å². The van der Waals surface area contributed by atoms with Crippen molar-refractivity contribution in [2.45, 2.75) is 44.9 Å². The highest BCUT2D eigenvalue weighted by atomic mass is 16.5. The van der Waals surface area contributed by atoms with Crippen LogP contribution in [0.2, 0.25) is 0 Å². The minimum absolute atomic E-state index is 0.0640. The fraction of sp³-hybridized carbons (Fsp3) is 0.917. The van der Waals surface area contributed by atoms with Crippen LogP contribution < -0.4 is 10.6 Å². The van der Waals surface area contributed by atoms with Gasteiger partial charge in [0.25, 0.3) is 0 Å². The van der Waals surface area contributed by atoms with E-state index in [4.69, 9.17) is 9.47 Å². The molecule has 1 heterocycles. The molecule has 5 nitrogen and oxygen atoms in total. The predicted molar refractivity (Wildman–Crippen MR) is 65.9 cm³/mol. The number of carbonyl (C=O) groups is 1. The molecule has 1 rings (SSSR count). The summed E-state index contributed by atoms with van der Waals surface area (Å²) in [6, 6.07) is -0.106. The monoisotopic (exact) mass is 244 g/mol. The van der Waals surface area contributed by atoms with E-state index in [1.807, 2.05) is 13.8 Å². The van der Waals surface area contributed by atoms with E-state index < -0.39 is 0 Å². The highest BCUT2D eigenvalue weighted by molar-refractivity contribution is 5.82. The molecule has 100 valence electrons. The molecule has 1 aliphatic heterocycles. The Balaban J connectivity index is 2.05. The molecule has 0 aliphatic carbocycles. The third kappa shape index (κ3) is 5.48. The third-order valence-corrected chi connectivity index (χ3v) is 2.81. The highest BCUT2D eigenvalue weighted by Gasteiger charge is 2.28. The Hall–Kier alpha value is -0.650. The minimum Gasteiger partial charge on any atom is -0.380 e. The van der Waals surface area contributed by atoms with Crippen molar-refractivity contribution >= 4 is 5.91 Å². The van der Waals surface area contributed by atoms with Crippen LogP contribution in [0.15, 0.2) is 0 Å². The van der Waals surface area contributed by atoms with Gasteiger partial charge in [0.15, 0.2) is 0 Å². The standard InChI is InChI=1S/C12H24N2O3/c1-9(2)17-6-4-5-13-12(15)11-7-10(16-3)8-14-11/h9-11,14H,4-8H2,1-3H3,(H,13,15). The molecule has 0 spiro atoms. The zero-order chi connectivity index (χ0) is 12.7. The van der Waals surface area contributed by atoms with Gasteiger partial charge in [-0.05, 0) is 26.7 Å². The Bertz CT molecular complexity index is 234. The van der Waals surface area contributed by atoms with Gasteiger partial charge in [-0.25, -0.2) is 0 Å². The van der Waals surface area contributed by atoms with Crippen molar-refractivity contribution in [3.63, 3.8) is 0 Å². The molecule has 2 atom stereocenters. The van der Waals surface area contributed by atoms with Crippen LogP contribution in [-0.4, -0.2) is 51.0 Å². The summed E-state index contributed by atoms with van der Waals surface area (Å²) in [4.78, 5) is 11.7. The molecule has 1 fully saturated rings. The van der Waals surface area contributed by atoms with Gasteiger partial charge in [0.2, 0.25) is 5.91 Å². The van der Waals surface area contributed by atoms with Crippen LogP contribution in [0.5, 0.6) is 0 Å². The van der Waals surface area contributed by atoms with Crippen molar-refractivity contribution in [1.29, 1.82) is 0 Å². The number of carbonyl (C=O) groups excluding carboxylic acids is 1. The molecular formula is C12H24N2O3. The molecule has 0 aromatic rings. The maximum Gasteiger partial charge on any atom is 0.237 e. The third-order valence-electron chi connectivity index (χ3n) is 2.81. The Morgan fingerprint density at radius 2 is 2.29 bits per heavy atom. The molecule has 2 N–H and O–H groups in total. The molecule has 1 saturated heterocycles. The molecule has 0 saturated carbocycles. The lowest BCUT2D eigenvalue weighted by Crippen LogP contribution is -2.40. The summed E-state index contributed by atoms with van der Waals surface area (Å²) in [6.45, 7) is 6.13. The molecule has 0 aromatic carbocycles. The molecule has 5 heteroatoms. The quantitative estimate of drug-likeness (QED) is 0.632. The van der Waals surface area contributed by atoms with Crippen molar-refractivity contribution in [3.05, 3.63) is 0 Å². The number of nitrogens with one attached hydrogen (secondary N) is 2. The van der Waals surface area contributed by atoms with Crippen molar-refractivity contribution in [2.75, 3.05) is 26.8 Å². The summed E-state index contributed by atoms with van der Waals surface area (Å²) in [5.74, 6) is 0.0640. The maximum atomic E-state index is 11.7. The number of amides is 1. The molecule has 1 amide bonds. The van der Waals surface area contributed by atoms with Gasteiger partial charge in [0.05, 0.1) is 18.2 Å². The van der Waals surface area contributed by atoms with Crippen molar-refractivity contribution in [2.24, 2.45) is 0 Å². The van der Waals surface area contributed by atoms with E-state index in [-0.39, 0.29) is 24.2 Å². The normalized spacial score (nSPS) is 24.2. The second-order valence-corrected chi connectivity index (χ2v) is 4.62. The summed E-state index contributed by atoms with van der Waals surface area (Å²) < 4.78 is 10.6.